The van der Waals surface area contributed by atoms with Crippen molar-refractivity contribution in [3.63, 3.8) is 0 Å². The van der Waals surface area contributed by atoms with Crippen molar-refractivity contribution in [1.29, 1.82) is 0 Å². The highest BCUT2D eigenvalue weighted by atomic mass is 32.2. The zero-order chi connectivity index (χ0) is 16.9. The first kappa shape index (κ1) is 16.8. The van der Waals surface area contributed by atoms with Gasteiger partial charge in [-0.3, -0.25) is 4.72 Å². The van der Waals surface area contributed by atoms with Crippen LogP contribution in [0.5, 0.6) is 0 Å². The van der Waals surface area contributed by atoms with E-state index in [1.165, 1.54) is 7.11 Å². The predicted octanol–water partition coefficient (Wildman–Crippen LogP) is 2.98. The number of para-hydroxylation sites is 1. The molecule has 6 nitrogen and oxygen atoms in total. The van der Waals surface area contributed by atoms with Crippen molar-refractivity contribution in [1.82, 2.24) is 0 Å². The standard InChI is InChI=1S/C16H18N2O4S/c1-3-23(20,21)18-13-10-8-12(9-11-13)17-15-7-5-4-6-14(15)16(19)22-2/h4-11,17-18H,3H2,1-2H3. The lowest BCUT2D eigenvalue weighted by Crippen LogP contribution is -2.14. The second kappa shape index (κ2) is 7.15. The Morgan fingerprint density at radius 1 is 1.04 bits per heavy atom. The van der Waals surface area contributed by atoms with Gasteiger partial charge in [-0.2, -0.15) is 0 Å². The van der Waals surface area contributed by atoms with E-state index in [0.29, 0.717) is 16.9 Å². The number of sulfonamides is 1. The summed E-state index contributed by atoms with van der Waals surface area (Å²) in [5, 5.41) is 3.11. The van der Waals surface area contributed by atoms with Crippen LogP contribution in [0.3, 0.4) is 0 Å². The molecule has 0 atom stereocenters. The Bertz CT molecular complexity index is 786. The Hall–Kier alpha value is -2.54. The molecule has 0 aliphatic carbocycles. The highest BCUT2D eigenvalue weighted by Gasteiger charge is 2.11. The maximum Gasteiger partial charge on any atom is 0.339 e. The summed E-state index contributed by atoms with van der Waals surface area (Å²) in [5.74, 6) is -0.417. The van der Waals surface area contributed by atoms with Gasteiger partial charge in [-0.25, -0.2) is 13.2 Å². The molecule has 2 aromatic rings. The third-order valence-corrected chi connectivity index (χ3v) is 4.46. The van der Waals surface area contributed by atoms with E-state index in [2.05, 4.69) is 10.0 Å². The van der Waals surface area contributed by atoms with Crippen LogP contribution < -0.4 is 10.0 Å². The second-order valence-electron chi connectivity index (χ2n) is 4.75. The summed E-state index contributed by atoms with van der Waals surface area (Å²) >= 11 is 0. The summed E-state index contributed by atoms with van der Waals surface area (Å²) in [6.07, 6.45) is 0. The van der Waals surface area contributed by atoms with E-state index in [1.54, 1.807) is 55.5 Å². The normalized spacial score (nSPS) is 10.9. The van der Waals surface area contributed by atoms with Gasteiger partial charge in [-0.15, -0.1) is 0 Å². The number of ether oxygens (including phenoxy) is 1. The van der Waals surface area contributed by atoms with E-state index in [4.69, 9.17) is 4.74 Å². The van der Waals surface area contributed by atoms with Gasteiger partial charge >= 0.3 is 5.97 Å². The molecule has 0 spiro atoms. The Balaban J connectivity index is 2.18. The molecule has 0 aromatic heterocycles. The third kappa shape index (κ3) is 4.46. The fourth-order valence-electron chi connectivity index (χ4n) is 1.91. The minimum absolute atomic E-state index is 0.0134. The van der Waals surface area contributed by atoms with Gasteiger partial charge in [0, 0.05) is 11.4 Å². The van der Waals surface area contributed by atoms with Crippen LogP contribution in [0.25, 0.3) is 0 Å². The smallest absolute Gasteiger partial charge is 0.339 e. The van der Waals surface area contributed by atoms with Crippen molar-refractivity contribution in [3.05, 3.63) is 54.1 Å². The molecule has 2 N–H and O–H groups in total. The van der Waals surface area contributed by atoms with Gasteiger partial charge in [0.1, 0.15) is 0 Å². The zero-order valence-electron chi connectivity index (χ0n) is 12.9. The van der Waals surface area contributed by atoms with E-state index in [9.17, 15) is 13.2 Å². The first-order valence-electron chi connectivity index (χ1n) is 7.00. The summed E-state index contributed by atoms with van der Waals surface area (Å²) in [6.45, 7) is 1.57. The number of carbonyl (C=O) groups excluding carboxylic acids is 1. The molecule has 122 valence electrons. The Morgan fingerprint density at radius 2 is 1.65 bits per heavy atom. The molecule has 0 saturated carbocycles. The van der Waals surface area contributed by atoms with Gasteiger partial charge in [0.05, 0.1) is 24.1 Å². The number of anilines is 3. The molecule has 23 heavy (non-hydrogen) atoms. The third-order valence-electron chi connectivity index (χ3n) is 3.15. The molecule has 0 bridgehead atoms. The second-order valence-corrected chi connectivity index (χ2v) is 6.76. The molecule has 0 heterocycles. The lowest BCUT2D eigenvalue weighted by molar-refractivity contribution is 0.0602. The molecular weight excluding hydrogens is 316 g/mol. The molecule has 0 unspecified atom stereocenters. The molecule has 0 aliphatic rings. The van der Waals surface area contributed by atoms with Gasteiger partial charge in [0.15, 0.2) is 0 Å². The molecule has 0 radical (unpaired) electrons. The van der Waals surface area contributed by atoms with Crippen LogP contribution in [-0.2, 0) is 14.8 Å². The SMILES string of the molecule is CCS(=O)(=O)Nc1ccc(Nc2ccccc2C(=O)OC)cc1. The van der Waals surface area contributed by atoms with Crippen molar-refractivity contribution in [3.8, 4) is 0 Å². The fraction of sp³-hybridized carbons (Fsp3) is 0.188. The van der Waals surface area contributed by atoms with Crippen LogP contribution >= 0.6 is 0 Å². The lowest BCUT2D eigenvalue weighted by atomic mass is 10.1. The van der Waals surface area contributed by atoms with Crippen LogP contribution in [-0.4, -0.2) is 27.2 Å². The van der Waals surface area contributed by atoms with Crippen LogP contribution in [0.4, 0.5) is 17.1 Å². The molecule has 7 heteroatoms. The van der Waals surface area contributed by atoms with Gasteiger partial charge in [-0.1, -0.05) is 12.1 Å². The Morgan fingerprint density at radius 3 is 2.26 bits per heavy atom. The maximum absolute atomic E-state index is 11.7. The topological polar surface area (TPSA) is 84.5 Å². The molecule has 0 aliphatic heterocycles. The monoisotopic (exact) mass is 334 g/mol. The molecular formula is C16H18N2O4S. The van der Waals surface area contributed by atoms with Gasteiger partial charge in [-0.05, 0) is 43.3 Å². The van der Waals surface area contributed by atoms with Gasteiger partial charge in [0.25, 0.3) is 0 Å². The summed E-state index contributed by atoms with van der Waals surface area (Å²) in [6, 6.07) is 13.7. The number of nitrogens with one attached hydrogen (secondary N) is 2. The van der Waals surface area contributed by atoms with E-state index in [-0.39, 0.29) is 5.75 Å². The predicted molar refractivity (Wildman–Crippen MR) is 90.6 cm³/mol. The lowest BCUT2D eigenvalue weighted by Gasteiger charge is -2.11. The zero-order valence-corrected chi connectivity index (χ0v) is 13.7. The molecule has 2 aromatic carbocycles. The number of carbonyl (C=O) groups is 1. The van der Waals surface area contributed by atoms with Crippen molar-refractivity contribution in [2.75, 3.05) is 22.9 Å². The number of esters is 1. The number of methoxy groups -OCH3 is 1. The average Bonchev–Trinajstić information content (AvgIpc) is 2.56. The van der Waals surface area contributed by atoms with Crippen molar-refractivity contribution in [2.24, 2.45) is 0 Å². The number of rotatable bonds is 6. The maximum atomic E-state index is 11.7. The van der Waals surface area contributed by atoms with Gasteiger partial charge in [0.2, 0.25) is 10.0 Å². The number of hydrogen-bond acceptors (Lipinski definition) is 5. The van der Waals surface area contributed by atoms with Crippen LogP contribution in [0.2, 0.25) is 0 Å². The summed E-state index contributed by atoms with van der Waals surface area (Å²) in [5.41, 5.74) is 2.24. The molecule has 0 saturated heterocycles. The molecule has 0 fully saturated rings. The highest BCUT2D eigenvalue weighted by molar-refractivity contribution is 7.92. The Labute approximate surface area is 135 Å². The largest absolute Gasteiger partial charge is 0.465 e. The van der Waals surface area contributed by atoms with Crippen LogP contribution in [0, 0.1) is 0 Å². The first-order valence-corrected chi connectivity index (χ1v) is 8.65. The summed E-state index contributed by atoms with van der Waals surface area (Å²) in [7, 11) is -1.97. The van der Waals surface area contributed by atoms with Crippen molar-refractivity contribution >= 4 is 33.1 Å². The van der Waals surface area contributed by atoms with E-state index in [1.807, 2.05) is 0 Å². The van der Waals surface area contributed by atoms with E-state index in [0.717, 1.165) is 5.69 Å². The minimum atomic E-state index is -3.30. The fourth-order valence-corrected chi connectivity index (χ4v) is 2.55. The highest BCUT2D eigenvalue weighted by Crippen LogP contribution is 2.23. The quantitative estimate of drug-likeness (QED) is 0.793. The summed E-state index contributed by atoms with van der Waals surface area (Å²) < 4.78 is 30.3. The minimum Gasteiger partial charge on any atom is -0.465 e. The van der Waals surface area contributed by atoms with E-state index >= 15 is 0 Å². The van der Waals surface area contributed by atoms with Gasteiger partial charge < -0.3 is 10.1 Å². The average molecular weight is 334 g/mol. The number of benzene rings is 2. The molecule has 0 amide bonds. The Kier molecular flexibility index (Phi) is 5.23. The molecule has 2 rings (SSSR count). The van der Waals surface area contributed by atoms with E-state index < -0.39 is 16.0 Å². The van der Waals surface area contributed by atoms with Crippen molar-refractivity contribution in [2.45, 2.75) is 6.92 Å². The summed E-state index contributed by atoms with van der Waals surface area (Å²) in [4.78, 5) is 11.7. The van der Waals surface area contributed by atoms with Crippen LogP contribution in [0.1, 0.15) is 17.3 Å². The van der Waals surface area contributed by atoms with Crippen LogP contribution in [0.15, 0.2) is 48.5 Å². The number of hydrogen-bond donors (Lipinski definition) is 2. The first-order chi connectivity index (χ1) is 10.9. The van der Waals surface area contributed by atoms with Crippen molar-refractivity contribution < 1.29 is 17.9 Å².